The highest BCUT2D eigenvalue weighted by Gasteiger charge is 2.42. The molecule has 4 heteroatoms. The van der Waals surface area contributed by atoms with Crippen molar-refractivity contribution < 1.29 is 9.90 Å². The quantitative estimate of drug-likeness (QED) is 0.909. The molecule has 2 bridgehead atoms. The Morgan fingerprint density at radius 2 is 2.16 bits per heavy atom. The van der Waals surface area contributed by atoms with E-state index in [1.165, 1.54) is 44.0 Å². The van der Waals surface area contributed by atoms with Gasteiger partial charge < -0.3 is 9.67 Å². The molecule has 2 fully saturated rings. The molecule has 1 aromatic heterocycles. The van der Waals surface area contributed by atoms with Crippen LogP contribution in [0.3, 0.4) is 0 Å². The summed E-state index contributed by atoms with van der Waals surface area (Å²) < 4.78 is 1.62. The van der Waals surface area contributed by atoms with Crippen LogP contribution in [0, 0.1) is 17.8 Å². The molecule has 1 aromatic rings. The van der Waals surface area contributed by atoms with Gasteiger partial charge in [0.1, 0.15) is 0 Å². The van der Waals surface area contributed by atoms with E-state index in [-0.39, 0.29) is 17.2 Å². The Morgan fingerprint density at radius 1 is 1.37 bits per heavy atom. The van der Waals surface area contributed by atoms with Gasteiger partial charge in [0.2, 0.25) is 0 Å². The summed E-state index contributed by atoms with van der Waals surface area (Å²) in [4.78, 5) is 23.0. The molecule has 0 amide bonds. The summed E-state index contributed by atoms with van der Waals surface area (Å²) in [5.74, 6) is 1.10. The van der Waals surface area contributed by atoms with E-state index in [4.69, 9.17) is 5.11 Å². The second-order valence-corrected chi connectivity index (χ2v) is 6.05. The molecule has 3 rings (SSSR count). The topological polar surface area (TPSA) is 59.3 Å². The summed E-state index contributed by atoms with van der Waals surface area (Å²) >= 11 is 0. The third-order valence-electron chi connectivity index (χ3n) is 5.04. The van der Waals surface area contributed by atoms with Gasteiger partial charge in [0.25, 0.3) is 5.56 Å². The van der Waals surface area contributed by atoms with Crippen molar-refractivity contribution in [1.29, 1.82) is 0 Å². The zero-order chi connectivity index (χ0) is 13.6. The highest BCUT2D eigenvalue weighted by molar-refractivity contribution is 5.87. The first-order valence-corrected chi connectivity index (χ1v) is 7.01. The van der Waals surface area contributed by atoms with E-state index in [2.05, 4.69) is 6.92 Å². The van der Waals surface area contributed by atoms with Gasteiger partial charge in [-0.1, -0.05) is 6.42 Å². The normalized spacial score (nSPS) is 30.5. The summed E-state index contributed by atoms with van der Waals surface area (Å²) in [5, 5.41) is 9.04. The van der Waals surface area contributed by atoms with E-state index in [9.17, 15) is 9.59 Å². The number of carboxylic acids is 1. The Kier molecular flexibility index (Phi) is 2.96. The van der Waals surface area contributed by atoms with Crippen molar-refractivity contribution in [1.82, 2.24) is 4.57 Å². The second-order valence-electron chi connectivity index (χ2n) is 6.05. The highest BCUT2D eigenvalue weighted by atomic mass is 16.4. The molecule has 4 unspecified atom stereocenters. The van der Waals surface area contributed by atoms with E-state index in [1.807, 2.05) is 0 Å². The number of pyridine rings is 1. The van der Waals surface area contributed by atoms with E-state index < -0.39 is 5.97 Å². The summed E-state index contributed by atoms with van der Waals surface area (Å²) in [6.07, 6.45) is 6.59. The fraction of sp³-hybridized carbons (Fsp3) is 0.600. The van der Waals surface area contributed by atoms with Crippen LogP contribution in [-0.2, 0) is 0 Å². The maximum atomic E-state index is 12.0. The van der Waals surface area contributed by atoms with Crippen molar-refractivity contribution in [3.8, 4) is 0 Å². The highest BCUT2D eigenvalue weighted by Crippen LogP contribution is 2.51. The molecule has 2 saturated carbocycles. The van der Waals surface area contributed by atoms with Gasteiger partial charge in [-0.3, -0.25) is 4.79 Å². The molecule has 1 heterocycles. The number of nitrogens with zero attached hydrogens (tertiary/aromatic N) is 1. The smallest absolute Gasteiger partial charge is 0.337 e. The summed E-state index contributed by atoms with van der Waals surface area (Å²) in [7, 11) is 0. The van der Waals surface area contributed by atoms with E-state index in [0.29, 0.717) is 5.92 Å². The lowest BCUT2D eigenvalue weighted by Gasteiger charge is -2.29. The molecular formula is C15H19NO3. The number of fused-ring (bicyclic) bond motifs is 2. The first-order chi connectivity index (χ1) is 9.06. The Bertz CT molecular complexity index is 563. The molecule has 0 saturated heterocycles. The molecular weight excluding hydrogens is 242 g/mol. The molecule has 0 aromatic carbocycles. The lowest BCUT2D eigenvalue weighted by Crippen LogP contribution is -2.30. The molecule has 2 aliphatic carbocycles. The van der Waals surface area contributed by atoms with Crippen LogP contribution >= 0.6 is 0 Å². The van der Waals surface area contributed by atoms with Gasteiger partial charge in [-0.25, -0.2) is 4.79 Å². The van der Waals surface area contributed by atoms with Gasteiger partial charge in [-0.15, -0.1) is 0 Å². The summed E-state index contributed by atoms with van der Waals surface area (Å²) in [5.41, 5.74) is 0.0925. The van der Waals surface area contributed by atoms with Gasteiger partial charge in [0, 0.05) is 18.3 Å². The largest absolute Gasteiger partial charge is 0.478 e. The Labute approximate surface area is 112 Å². The third kappa shape index (κ3) is 2.09. The molecule has 1 N–H and O–H groups in total. The number of hydrogen-bond acceptors (Lipinski definition) is 2. The van der Waals surface area contributed by atoms with Crippen molar-refractivity contribution in [2.24, 2.45) is 17.8 Å². The average Bonchev–Trinajstić information content (AvgIpc) is 3.00. The zero-order valence-corrected chi connectivity index (χ0v) is 11.1. The van der Waals surface area contributed by atoms with Crippen LogP contribution in [0.5, 0.6) is 0 Å². The predicted octanol–water partition coefficient (Wildman–Crippen LogP) is 2.54. The van der Waals surface area contributed by atoms with Crippen molar-refractivity contribution in [3.05, 3.63) is 34.2 Å². The fourth-order valence-electron chi connectivity index (χ4n) is 4.04. The van der Waals surface area contributed by atoms with E-state index >= 15 is 0 Å². The van der Waals surface area contributed by atoms with Crippen molar-refractivity contribution >= 4 is 5.97 Å². The van der Waals surface area contributed by atoms with Crippen molar-refractivity contribution in [3.63, 3.8) is 0 Å². The summed E-state index contributed by atoms with van der Waals surface area (Å²) in [6, 6.07) is 2.85. The SMILES string of the molecule is CC(C1CC2CCC1C2)n1cc(C(=O)O)ccc1=O. The molecule has 19 heavy (non-hydrogen) atoms. The first-order valence-electron chi connectivity index (χ1n) is 7.01. The summed E-state index contributed by atoms with van der Waals surface area (Å²) in [6.45, 7) is 2.05. The Hall–Kier alpha value is -1.58. The minimum absolute atomic E-state index is 0.0970. The maximum Gasteiger partial charge on any atom is 0.337 e. The molecule has 0 aliphatic heterocycles. The standard InChI is InChI=1S/C15H19NO3/c1-9(13-7-10-2-3-11(13)6-10)16-8-12(15(18)19)4-5-14(16)17/h4-5,8-11,13H,2-3,6-7H2,1H3,(H,18,19). The molecule has 0 radical (unpaired) electrons. The minimum Gasteiger partial charge on any atom is -0.478 e. The minimum atomic E-state index is -0.978. The van der Waals surface area contributed by atoms with Gasteiger partial charge in [-0.2, -0.15) is 0 Å². The van der Waals surface area contributed by atoms with Crippen LogP contribution in [-0.4, -0.2) is 15.6 Å². The fourth-order valence-corrected chi connectivity index (χ4v) is 4.04. The van der Waals surface area contributed by atoms with Crippen LogP contribution in [0.4, 0.5) is 0 Å². The van der Waals surface area contributed by atoms with Crippen LogP contribution < -0.4 is 5.56 Å². The number of carbonyl (C=O) groups is 1. The van der Waals surface area contributed by atoms with Crippen LogP contribution in [0.15, 0.2) is 23.1 Å². The maximum absolute atomic E-state index is 12.0. The van der Waals surface area contributed by atoms with Gasteiger partial charge in [-0.05, 0) is 50.0 Å². The van der Waals surface area contributed by atoms with Gasteiger partial charge in [0.15, 0.2) is 0 Å². The molecule has 0 spiro atoms. The van der Waals surface area contributed by atoms with Crippen molar-refractivity contribution in [2.75, 3.05) is 0 Å². The monoisotopic (exact) mass is 261 g/mol. The third-order valence-corrected chi connectivity index (χ3v) is 5.04. The van der Waals surface area contributed by atoms with E-state index in [0.717, 1.165) is 11.8 Å². The lowest BCUT2D eigenvalue weighted by molar-refractivity contribution is 0.0695. The predicted molar refractivity (Wildman–Crippen MR) is 71.3 cm³/mol. The average molecular weight is 261 g/mol. The van der Waals surface area contributed by atoms with E-state index in [1.54, 1.807) is 4.57 Å². The lowest BCUT2D eigenvalue weighted by atomic mass is 9.84. The number of aromatic carboxylic acids is 1. The van der Waals surface area contributed by atoms with Crippen molar-refractivity contribution in [2.45, 2.75) is 38.6 Å². The van der Waals surface area contributed by atoms with Crippen LogP contribution in [0.25, 0.3) is 0 Å². The number of hydrogen-bond donors (Lipinski definition) is 1. The number of rotatable bonds is 3. The Morgan fingerprint density at radius 3 is 2.74 bits per heavy atom. The number of carboxylic acid groups (broad SMARTS) is 1. The van der Waals surface area contributed by atoms with Crippen LogP contribution in [0.2, 0.25) is 0 Å². The Balaban J connectivity index is 1.91. The number of aromatic nitrogens is 1. The zero-order valence-electron chi connectivity index (χ0n) is 11.1. The van der Waals surface area contributed by atoms with Crippen LogP contribution in [0.1, 0.15) is 49.0 Å². The molecule has 4 nitrogen and oxygen atoms in total. The molecule has 102 valence electrons. The molecule has 2 aliphatic rings. The van der Waals surface area contributed by atoms with Gasteiger partial charge >= 0.3 is 5.97 Å². The first kappa shape index (κ1) is 12.5. The molecule has 4 atom stereocenters. The second kappa shape index (κ2) is 4.51. The van der Waals surface area contributed by atoms with Gasteiger partial charge in [0.05, 0.1) is 5.56 Å².